The van der Waals surface area contributed by atoms with Gasteiger partial charge in [-0.25, -0.2) is 0 Å². The topological polar surface area (TPSA) is 29.5 Å². The van der Waals surface area contributed by atoms with E-state index in [9.17, 15) is 4.79 Å². The Labute approximate surface area is 215 Å². The number of hydrogen-bond donors (Lipinski definition) is 0. The molecule has 1 unspecified atom stereocenters. The summed E-state index contributed by atoms with van der Waals surface area (Å²) in [7, 11) is 0. The van der Waals surface area contributed by atoms with Crippen molar-refractivity contribution < 1.29 is 9.53 Å². The lowest BCUT2D eigenvalue weighted by molar-refractivity contribution is -0.116. The van der Waals surface area contributed by atoms with Gasteiger partial charge in [-0.2, -0.15) is 0 Å². The van der Waals surface area contributed by atoms with E-state index in [0.29, 0.717) is 23.8 Å². The molecule has 6 aliphatic rings. The molecule has 8 atom stereocenters. The first-order valence-corrected chi connectivity index (χ1v) is 15.2. The van der Waals surface area contributed by atoms with Gasteiger partial charge in [-0.15, -0.1) is 0 Å². The molecule has 0 radical (unpaired) electrons. The molecule has 2 saturated carbocycles. The second-order valence-electron chi connectivity index (χ2n) is 12.9. The number of fused-ring (bicyclic) bond motifs is 6. The molecule has 1 spiro atoms. The van der Waals surface area contributed by atoms with Gasteiger partial charge in [0.15, 0.2) is 5.78 Å². The number of rotatable bonds is 2. The van der Waals surface area contributed by atoms with Gasteiger partial charge in [0.1, 0.15) is 0 Å². The fourth-order valence-electron chi connectivity index (χ4n) is 9.76. The van der Waals surface area contributed by atoms with Crippen LogP contribution >= 0.6 is 0 Å². The summed E-state index contributed by atoms with van der Waals surface area (Å²) in [6.45, 7) is 16.3. The molecule has 4 aliphatic carbocycles. The van der Waals surface area contributed by atoms with Crippen LogP contribution in [0.4, 0.5) is 0 Å². The van der Waals surface area contributed by atoms with E-state index in [0.717, 1.165) is 43.4 Å². The summed E-state index contributed by atoms with van der Waals surface area (Å²) in [6, 6.07) is 0.628. The summed E-state index contributed by atoms with van der Waals surface area (Å²) in [5, 5.41) is 0. The van der Waals surface area contributed by atoms with Crippen LogP contribution in [0.1, 0.15) is 112 Å². The van der Waals surface area contributed by atoms with Gasteiger partial charge >= 0.3 is 0 Å². The molecule has 196 valence electrons. The van der Waals surface area contributed by atoms with Gasteiger partial charge in [0.2, 0.25) is 0 Å². The number of ether oxygens (including phenoxy) is 1. The third-order valence-electron chi connectivity index (χ3n) is 11.4. The summed E-state index contributed by atoms with van der Waals surface area (Å²) in [5.41, 5.74) is 5.28. The van der Waals surface area contributed by atoms with Crippen molar-refractivity contribution in [2.45, 2.75) is 130 Å². The monoisotopic (exact) mass is 481 g/mol. The van der Waals surface area contributed by atoms with E-state index < -0.39 is 0 Å². The standard InChI is InChI=1S/C30H45NO2.C2H6/c1-5-14-31-15-6-7-27-28(31)20(3)30(33-27)13-11-23-24-9-8-21-16-22(32)10-12-29(21,4)26(24)17-25(23)19(2)18-30;1-2/h16,20,23-24,26-28H,5-15,17-18H2,1-4H3;1-2H3/t20-,23+,24?,26+,27-,28+,29+,30+;/m1./s1. The van der Waals surface area contributed by atoms with E-state index >= 15 is 0 Å². The minimum absolute atomic E-state index is 0.0590. The minimum atomic E-state index is 0.0590. The van der Waals surface area contributed by atoms with Crippen LogP contribution in [0.15, 0.2) is 22.8 Å². The molecule has 0 aromatic rings. The maximum atomic E-state index is 12.1. The highest BCUT2D eigenvalue weighted by atomic mass is 16.5. The maximum absolute atomic E-state index is 12.1. The van der Waals surface area contributed by atoms with Crippen LogP contribution in [0.3, 0.4) is 0 Å². The van der Waals surface area contributed by atoms with Crippen molar-refractivity contribution in [2.75, 3.05) is 13.1 Å². The zero-order valence-electron chi connectivity index (χ0n) is 23.5. The van der Waals surface area contributed by atoms with E-state index in [2.05, 4.69) is 32.6 Å². The number of allylic oxidation sites excluding steroid dienone is 3. The quantitative estimate of drug-likeness (QED) is 0.382. The summed E-state index contributed by atoms with van der Waals surface area (Å²) >= 11 is 0. The highest BCUT2D eigenvalue weighted by molar-refractivity contribution is 5.91. The normalized spacial score (nSPS) is 45.1. The Morgan fingerprint density at radius 3 is 2.71 bits per heavy atom. The molecule has 2 heterocycles. The van der Waals surface area contributed by atoms with Crippen LogP contribution in [0.2, 0.25) is 0 Å². The number of carbonyl (C=O) groups excluding carboxylic acids is 1. The van der Waals surface area contributed by atoms with Gasteiger partial charge in [0.25, 0.3) is 0 Å². The van der Waals surface area contributed by atoms with E-state index in [4.69, 9.17) is 4.74 Å². The molecule has 3 nitrogen and oxygen atoms in total. The first kappa shape index (κ1) is 25.7. The van der Waals surface area contributed by atoms with E-state index in [1.165, 1.54) is 63.6 Å². The minimum Gasteiger partial charge on any atom is -0.369 e. The molecule has 0 bridgehead atoms. The SMILES string of the molecule is CC.CCCN1CCC[C@H]2O[C@]3(CC[C@@H]4C(=C(C)C3)C[C@H]3C4CCC4=CC(=O)CC[C@@]43C)[C@H](C)[C@@H]21. The second kappa shape index (κ2) is 9.75. The zero-order valence-corrected chi connectivity index (χ0v) is 23.5. The summed E-state index contributed by atoms with van der Waals surface area (Å²) in [4.78, 5) is 14.9. The van der Waals surface area contributed by atoms with Crippen molar-refractivity contribution in [1.29, 1.82) is 0 Å². The summed E-state index contributed by atoms with van der Waals surface area (Å²) in [6.07, 6.45) is 15.6. The smallest absolute Gasteiger partial charge is 0.155 e. The lowest BCUT2D eigenvalue weighted by atomic mass is 9.56. The van der Waals surface area contributed by atoms with Crippen molar-refractivity contribution in [3.63, 3.8) is 0 Å². The van der Waals surface area contributed by atoms with E-state index in [1.54, 1.807) is 11.1 Å². The Morgan fingerprint density at radius 1 is 1.14 bits per heavy atom. The molecule has 3 heteroatoms. The number of hydrogen-bond acceptors (Lipinski definition) is 3. The van der Waals surface area contributed by atoms with Crippen LogP contribution in [-0.2, 0) is 9.53 Å². The van der Waals surface area contributed by atoms with Gasteiger partial charge in [-0.05, 0) is 113 Å². The third kappa shape index (κ3) is 4.02. The first-order chi connectivity index (χ1) is 16.9. The van der Waals surface area contributed by atoms with Crippen molar-refractivity contribution >= 4 is 5.78 Å². The number of likely N-dealkylation sites (tertiary alicyclic amines) is 1. The van der Waals surface area contributed by atoms with Gasteiger partial charge in [-0.3, -0.25) is 9.69 Å². The summed E-state index contributed by atoms with van der Waals surface area (Å²) < 4.78 is 7.13. The van der Waals surface area contributed by atoms with Crippen LogP contribution in [-0.4, -0.2) is 41.5 Å². The van der Waals surface area contributed by atoms with Gasteiger partial charge in [-0.1, -0.05) is 51.3 Å². The molecule has 35 heavy (non-hydrogen) atoms. The third-order valence-corrected chi connectivity index (χ3v) is 11.4. The van der Waals surface area contributed by atoms with Crippen LogP contribution in [0.25, 0.3) is 0 Å². The second-order valence-corrected chi connectivity index (χ2v) is 12.9. The Hall–Kier alpha value is -0.930. The lowest BCUT2D eigenvalue weighted by Crippen LogP contribution is -2.49. The van der Waals surface area contributed by atoms with Crippen LogP contribution < -0.4 is 0 Å². The van der Waals surface area contributed by atoms with Gasteiger partial charge in [0, 0.05) is 18.4 Å². The van der Waals surface area contributed by atoms with Gasteiger partial charge in [0.05, 0.1) is 11.7 Å². The van der Waals surface area contributed by atoms with E-state index in [-0.39, 0.29) is 11.0 Å². The Kier molecular flexibility index (Phi) is 7.16. The Bertz CT molecular complexity index is 886. The number of carbonyl (C=O) groups is 1. The summed E-state index contributed by atoms with van der Waals surface area (Å²) in [5.74, 6) is 3.32. The van der Waals surface area contributed by atoms with Crippen LogP contribution in [0.5, 0.6) is 0 Å². The Morgan fingerprint density at radius 2 is 1.94 bits per heavy atom. The fourth-order valence-corrected chi connectivity index (χ4v) is 9.76. The molecule has 6 rings (SSSR count). The van der Waals surface area contributed by atoms with Crippen molar-refractivity contribution in [3.05, 3.63) is 22.8 Å². The highest BCUT2D eigenvalue weighted by Crippen LogP contribution is 2.64. The molecule has 0 amide bonds. The average Bonchev–Trinajstić information content (AvgIpc) is 3.32. The van der Waals surface area contributed by atoms with Crippen LogP contribution in [0, 0.1) is 29.1 Å². The predicted molar refractivity (Wildman–Crippen MR) is 144 cm³/mol. The fraction of sp³-hybridized carbons (Fsp3) is 0.844. The predicted octanol–water partition coefficient (Wildman–Crippen LogP) is 7.50. The average molecular weight is 482 g/mol. The molecular formula is C32H51NO2. The molecule has 4 fully saturated rings. The van der Waals surface area contributed by atoms with Crippen molar-refractivity contribution in [2.24, 2.45) is 29.1 Å². The molecule has 0 aromatic heterocycles. The first-order valence-electron chi connectivity index (χ1n) is 15.2. The number of ketones is 1. The zero-order chi connectivity index (χ0) is 25.0. The van der Waals surface area contributed by atoms with Crippen molar-refractivity contribution in [3.8, 4) is 0 Å². The molecule has 2 saturated heterocycles. The number of nitrogens with zero attached hydrogens (tertiary/aromatic N) is 1. The molecule has 0 aromatic carbocycles. The van der Waals surface area contributed by atoms with E-state index in [1.807, 2.05) is 19.9 Å². The molecule has 0 N–H and O–H groups in total. The molecule has 2 aliphatic heterocycles. The number of piperidine rings is 1. The van der Waals surface area contributed by atoms with Gasteiger partial charge < -0.3 is 4.74 Å². The molecular weight excluding hydrogens is 430 g/mol. The Balaban J connectivity index is 0.00000124. The maximum Gasteiger partial charge on any atom is 0.155 e. The highest BCUT2D eigenvalue weighted by Gasteiger charge is 2.58. The largest absolute Gasteiger partial charge is 0.369 e. The lowest BCUT2D eigenvalue weighted by Gasteiger charge is -2.48. The van der Waals surface area contributed by atoms with Crippen molar-refractivity contribution in [1.82, 2.24) is 4.90 Å².